The van der Waals surface area contributed by atoms with Gasteiger partial charge < -0.3 is 25.7 Å². The van der Waals surface area contributed by atoms with Gasteiger partial charge in [0.1, 0.15) is 12.0 Å². The molecule has 0 aliphatic carbocycles. The largest absolute Gasteiger partial charge is 0.477 e. The summed E-state index contributed by atoms with van der Waals surface area (Å²) in [6.45, 7) is 5.62. The minimum atomic E-state index is -1.20. The molecule has 3 aliphatic rings. The Kier molecular flexibility index (Phi) is 8.72. The summed E-state index contributed by atoms with van der Waals surface area (Å²) in [4.78, 5) is 65.8. The quantitative estimate of drug-likeness (QED) is 0.236. The Bertz CT molecular complexity index is 1510. The molecule has 0 bridgehead atoms. The summed E-state index contributed by atoms with van der Waals surface area (Å²) in [6.07, 6.45) is 0.204. The van der Waals surface area contributed by atoms with E-state index in [4.69, 9.17) is 0 Å². The molecular formula is C31H34N4O7S. The summed E-state index contributed by atoms with van der Waals surface area (Å²) in [5.74, 6) is -3.03. The number of nitrogens with one attached hydrogen (secondary N) is 2. The van der Waals surface area contributed by atoms with E-state index in [1.54, 1.807) is 37.3 Å². The van der Waals surface area contributed by atoms with Crippen LogP contribution in [0.2, 0.25) is 0 Å². The summed E-state index contributed by atoms with van der Waals surface area (Å²) in [5, 5.41) is 25.8. The second kappa shape index (κ2) is 12.3. The molecule has 0 saturated carbocycles. The first-order chi connectivity index (χ1) is 20.5. The first-order valence-corrected chi connectivity index (χ1v) is 15.0. The zero-order valence-corrected chi connectivity index (χ0v) is 24.8. The molecule has 0 aromatic heterocycles. The number of carboxylic acids is 1. The third-order valence-electron chi connectivity index (χ3n) is 8.26. The molecule has 12 heteroatoms. The molecule has 6 atom stereocenters. The number of aldehydes is 1. The number of rotatable bonds is 10. The van der Waals surface area contributed by atoms with Crippen molar-refractivity contribution in [3.8, 4) is 0 Å². The lowest BCUT2D eigenvalue weighted by Crippen LogP contribution is -2.63. The van der Waals surface area contributed by atoms with Crippen molar-refractivity contribution in [2.75, 3.05) is 17.2 Å². The van der Waals surface area contributed by atoms with Crippen LogP contribution in [0.25, 0.3) is 0 Å². The van der Waals surface area contributed by atoms with Crippen molar-refractivity contribution in [3.63, 3.8) is 0 Å². The van der Waals surface area contributed by atoms with E-state index in [0.29, 0.717) is 47.6 Å². The van der Waals surface area contributed by atoms with Gasteiger partial charge in [0.2, 0.25) is 17.7 Å². The van der Waals surface area contributed by atoms with Crippen molar-refractivity contribution in [2.24, 2.45) is 11.8 Å². The van der Waals surface area contributed by atoms with Gasteiger partial charge in [0.05, 0.1) is 24.1 Å². The highest BCUT2D eigenvalue weighted by Gasteiger charge is 2.60. The summed E-state index contributed by atoms with van der Waals surface area (Å²) < 4.78 is 0. The molecular weight excluding hydrogens is 572 g/mol. The van der Waals surface area contributed by atoms with E-state index in [-0.39, 0.29) is 28.7 Å². The number of thioether (sulfide) groups is 1. The van der Waals surface area contributed by atoms with E-state index in [0.717, 1.165) is 5.56 Å². The fraction of sp³-hybridized carbons (Fsp3) is 0.387. The zero-order valence-electron chi connectivity index (χ0n) is 24.0. The molecule has 3 amide bonds. The molecule has 43 heavy (non-hydrogen) atoms. The number of amides is 3. The number of benzene rings is 2. The number of para-hydroxylation sites is 1. The predicted octanol–water partition coefficient (Wildman–Crippen LogP) is 2.93. The maximum atomic E-state index is 13.7. The Hall–Kier alpha value is -4.00. The highest BCUT2D eigenvalue weighted by atomic mass is 32.2. The number of β-lactam (4-membered cyclic amide) rings is 1. The van der Waals surface area contributed by atoms with Gasteiger partial charge in [0.25, 0.3) is 0 Å². The Labute approximate surface area is 253 Å². The number of likely N-dealkylation sites (tertiary alicyclic amines) is 1. The fourth-order valence-corrected chi connectivity index (χ4v) is 7.91. The molecule has 11 nitrogen and oxygen atoms in total. The third-order valence-corrected chi connectivity index (χ3v) is 9.76. The van der Waals surface area contributed by atoms with Gasteiger partial charge in [0.15, 0.2) is 0 Å². The van der Waals surface area contributed by atoms with Crippen LogP contribution in [0, 0.1) is 11.8 Å². The van der Waals surface area contributed by atoms with Gasteiger partial charge in [-0.3, -0.25) is 24.1 Å². The van der Waals surface area contributed by atoms with Crippen LogP contribution < -0.4 is 10.6 Å². The number of anilines is 2. The molecule has 2 aromatic carbocycles. The second-order valence-corrected chi connectivity index (χ2v) is 12.6. The fourth-order valence-electron chi connectivity index (χ4n) is 6.36. The molecule has 0 radical (unpaired) electrons. The first-order valence-electron chi connectivity index (χ1n) is 14.1. The van der Waals surface area contributed by atoms with Gasteiger partial charge in [-0.25, -0.2) is 4.79 Å². The Morgan fingerprint density at radius 2 is 1.88 bits per heavy atom. The molecule has 3 aliphatic heterocycles. The minimum absolute atomic E-state index is 0.0504. The van der Waals surface area contributed by atoms with Crippen LogP contribution >= 0.6 is 11.8 Å². The molecule has 0 unspecified atom stereocenters. The standard InChI is InChI=1S/C31H34N4O7S/c1-16-26-25(17(2)37)30(40)35(26)27(31(41)42)28(16)43-22-12-24(29(39)33-21-9-6-7-19(11-21)15-36)34(14-22)13-20-8-4-5-10-23(20)32-18(3)38/h4-11,15-17,22,24-26,37H,12-14H2,1-3H3,(H,32,38)(H,33,39)(H,41,42)/t16-,17-,22+,24+,25-,26-/m1/s1. The second-order valence-electron chi connectivity index (χ2n) is 11.3. The number of fused-ring (bicyclic) bond motifs is 1. The predicted molar refractivity (Wildman–Crippen MR) is 161 cm³/mol. The number of carbonyl (C=O) groups excluding carboxylic acids is 4. The van der Waals surface area contributed by atoms with E-state index in [9.17, 15) is 34.2 Å². The summed E-state index contributed by atoms with van der Waals surface area (Å²) in [5.41, 5.74) is 2.31. The summed E-state index contributed by atoms with van der Waals surface area (Å²) >= 11 is 1.37. The highest BCUT2D eigenvalue weighted by Crippen LogP contribution is 2.52. The topological polar surface area (TPSA) is 156 Å². The highest BCUT2D eigenvalue weighted by molar-refractivity contribution is 8.03. The normalized spacial score (nSPS) is 25.6. The number of aliphatic carboxylic acids is 1. The van der Waals surface area contributed by atoms with Crippen molar-refractivity contribution in [2.45, 2.75) is 57.2 Å². The van der Waals surface area contributed by atoms with Crippen molar-refractivity contribution >= 4 is 53.1 Å². The maximum Gasteiger partial charge on any atom is 0.353 e. The SMILES string of the molecule is CC(=O)Nc1ccccc1CN1C[C@@H](SC2=C(C(=O)O)N3C(=O)[C@H]([C@@H](C)O)[C@H]3[C@H]2C)C[C@H]1C(=O)Nc1cccc(C=O)c1. The number of nitrogens with zero attached hydrogens (tertiary/aromatic N) is 2. The van der Waals surface area contributed by atoms with Gasteiger partial charge in [0, 0.05) is 53.0 Å². The van der Waals surface area contributed by atoms with Crippen molar-refractivity contribution in [1.29, 1.82) is 0 Å². The molecule has 3 heterocycles. The van der Waals surface area contributed by atoms with Crippen molar-refractivity contribution in [1.82, 2.24) is 9.80 Å². The number of aliphatic hydroxyl groups excluding tert-OH is 1. The van der Waals surface area contributed by atoms with Crippen LogP contribution in [-0.2, 0) is 25.7 Å². The van der Waals surface area contributed by atoms with Crippen molar-refractivity contribution in [3.05, 3.63) is 70.3 Å². The van der Waals surface area contributed by atoms with Gasteiger partial charge in [-0.05, 0) is 37.1 Å². The van der Waals surface area contributed by atoms with Crippen LogP contribution in [0.1, 0.15) is 43.1 Å². The Morgan fingerprint density at radius 3 is 2.56 bits per heavy atom. The molecule has 5 rings (SSSR count). The van der Waals surface area contributed by atoms with E-state index in [2.05, 4.69) is 10.6 Å². The smallest absolute Gasteiger partial charge is 0.353 e. The first kappa shape index (κ1) is 30.5. The van der Waals surface area contributed by atoms with Gasteiger partial charge in [-0.2, -0.15) is 0 Å². The molecule has 0 spiro atoms. The monoisotopic (exact) mass is 606 g/mol. The van der Waals surface area contributed by atoms with E-state index in [1.807, 2.05) is 30.0 Å². The average Bonchev–Trinajstić information content (AvgIpc) is 3.46. The van der Waals surface area contributed by atoms with Crippen LogP contribution in [-0.4, -0.2) is 80.0 Å². The number of hydrogen-bond acceptors (Lipinski definition) is 8. The molecule has 2 fully saturated rings. The summed E-state index contributed by atoms with van der Waals surface area (Å²) in [6, 6.07) is 12.9. The maximum absolute atomic E-state index is 13.7. The van der Waals surface area contributed by atoms with Crippen LogP contribution in [0.15, 0.2) is 59.1 Å². The Balaban J connectivity index is 1.42. The third kappa shape index (κ3) is 5.95. The number of carbonyl (C=O) groups is 5. The van der Waals surface area contributed by atoms with E-state index < -0.39 is 36.0 Å². The zero-order chi connectivity index (χ0) is 31.0. The molecule has 2 aromatic rings. The lowest BCUT2D eigenvalue weighted by atomic mass is 9.79. The van der Waals surface area contributed by atoms with E-state index in [1.165, 1.54) is 23.6 Å². The molecule has 4 N–H and O–H groups in total. The average molecular weight is 607 g/mol. The van der Waals surface area contributed by atoms with Crippen LogP contribution in [0.5, 0.6) is 0 Å². The van der Waals surface area contributed by atoms with Crippen LogP contribution in [0.4, 0.5) is 11.4 Å². The van der Waals surface area contributed by atoms with Crippen molar-refractivity contribution < 1.29 is 34.2 Å². The van der Waals surface area contributed by atoms with Gasteiger partial charge in [-0.15, -0.1) is 11.8 Å². The lowest BCUT2D eigenvalue weighted by Gasteiger charge is -2.46. The summed E-state index contributed by atoms with van der Waals surface area (Å²) in [7, 11) is 0. The van der Waals surface area contributed by atoms with Crippen LogP contribution in [0.3, 0.4) is 0 Å². The number of carboxylic acid groups (broad SMARTS) is 1. The van der Waals surface area contributed by atoms with E-state index >= 15 is 0 Å². The lowest BCUT2D eigenvalue weighted by molar-refractivity contribution is -0.163. The van der Waals surface area contributed by atoms with Gasteiger partial charge >= 0.3 is 5.97 Å². The number of hydrogen-bond donors (Lipinski definition) is 4. The minimum Gasteiger partial charge on any atom is -0.477 e. The number of aliphatic hydroxyl groups is 1. The Morgan fingerprint density at radius 1 is 1.14 bits per heavy atom. The molecule has 2 saturated heterocycles. The van der Waals surface area contributed by atoms with Gasteiger partial charge in [-0.1, -0.05) is 37.3 Å². The molecule has 226 valence electrons.